The number of sulfone groups is 1. The molecule has 0 unspecified atom stereocenters. The van der Waals surface area contributed by atoms with Gasteiger partial charge in [-0.1, -0.05) is 12.1 Å². The Bertz CT molecular complexity index is 1150. The standard InChI is InChI=1S/C18H14FN3O4S2/c19-13-8-11(10-28(24,25)16-2-1-7-27-16)3-4-15(13)26-14-5-6-20-17-12(14)9-21-18(23)22-17/h1-8H,9-10H2,(H2,20,21,22,23). The lowest BCUT2D eigenvalue weighted by atomic mass is 10.2. The number of amides is 2. The predicted octanol–water partition coefficient (Wildman–Crippen LogP) is 3.68. The minimum absolute atomic E-state index is 0.0532. The van der Waals surface area contributed by atoms with E-state index in [0.29, 0.717) is 22.7 Å². The maximum Gasteiger partial charge on any atom is 0.320 e. The molecule has 3 aromatic rings. The summed E-state index contributed by atoms with van der Waals surface area (Å²) in [5, 5.41) is 6.82. The van der Waals surface area contributed by atoms with E-state index in [1.54, 1.807) is 17.5 Å². The van der Waals surface area contributed by atoms with Gasteiger partial charge in [0.2, 0.25) is 0 Å². The van der Waals surface area contributed by atoms with Crippen molar-refractivity contribution < 1.29 is 22.3 Å². The molecule has 0 fully saturated rings. The molecule has 1 aliphatic rings. The van der Waals surface area contributed by atoms with E-state index in [4.69, 9.17) is 4.74 Å². The van der Waals surface area contributed by atoms with Crippen LogP contribution in [0.25, 0.3) is 0 Å². The maximum absolute atomic E-state index is 14.5. The summed E-state index contributed by atoms with van der Waals surface area (Å²) in [6, 6.07) is 8.41. The van der Waals surface area contributed by atoms with Crippen molar-refractivity contribution in [2.75, 3.05) is 5.32 Å². The Hall–Kier alpha value is -2.98. The monoisotopic (exact) mass is 419 g/mol. The van der Waals surface area contributed by atoms with Crippen LogP contribution in [0.4, 0.5) is 15.0 Å². The molecule has 0 saturated heterocycles. The number of hydrogen-bond donors (Lipinski definition) is 2. The van der Waals surface area contributed by atoms with Crippen LogP contribution in [0.1, 0.15) is 11.1 Å². The lowest BCUT2D eigenvalue weighted by molar-refractivity contribution is 0.250. The zero-order valence-electron chi connectivity index (χ0n) is 14.3. The Kier molecular flexibility index (Phi) is 4.73. The lowest BCUT2D eigenvalue weighted by Gasteiger charge is -2.20. The molecule has 0 aliphatic carbocycles. The van der Waals surface area contributed by atoms with Crippen molar-refractivity contribution >= 4 is 33.0 Å². The van der Waals surface area contributed by atoms with Gasteiger partial charge < -0.3 is 10.1 Å². The van der Waals surface area contributed by atoms with Crippen molar-refractivity contribution in [2.45, 2.75) is 16.5 Å². The number of halogens is 1. The van der Waals surface area contributed by atoms with Gasteiger partial charge in [0.25, 0.3) is 0 Å². The first-order chi connectivity index (χ1) is 13.4. The van der Waals surface area contributed by atoms with Gasteiger partial charge in [0.1, 0.15) is 15.8 Å². The van der Waals surface area contributed by atoms with Crippen LogP contribution in [0, 0.1) is 5.82 Å². The molecule has 0 bridgehead atoms. The van der Waals surface area contributed by atoms with Gasteiger partial charge in [-0.15, -0.1) is 11.3 Å². The van der Waals surface area contributed by atoms with Gasteiger partial charge in [0, 0.05) is 6.20 Å². The van der Waals surface area contributed by atoms with Gasteiger partial charge in [0.15, 0.2) is 21.4 Å². The minimum atomic E-state index is -3.52. The van der Waals surface area contributed by atoms with Gasteiger partial charge in [0.05, 0.1) is 17.9 Å². The summed E-state index contributed by atoms with van der Waals surface area (Å²) in [7, 11) is -3.52. The number of anilines is 1. The van der Waals surface area contributed by atoms with E-state index in [2.05, 4.69) is 15.6 Å². The molecule has 144 valence electrons. The summed E-state index contributed by atoms with van der Waals surface area (Å²) >= 11 is 1.12. The Labute approximate surface area is 164 Å². The second-order valence-corrected chi connectivity index (χ2v) is 9.17. The quantitative estimate of drug-likeness (QED) is 0.657. The molecule has 1 aromatic carbocycles. The number of nitrogens with one attached hydrogen (secondary N) is 2. The lowest BCUT2D eigenvalue weighted by Crippen LogP contribution is -2.34. The average Bonchev–Trinajstić information content (AvgIpc) is 3.19. The number of urea groups is 1. The Morgan fingerprint density at radius 1 is 1.21 bits per heavy atom. The van der Waals surface area contributed by atoms with Crippen LogP contribution in [-0.4, -0.2) is 19.4 Å². The first kappa shape index (κ1) is 18.4. The molecule has 1 aliphatic heterocycles. The van der Waals surface area contributed by atoms with Crippen molar-refractivity contribution in [3.05, 3.63) is 64.9 Å². The molecule has 28 heavy (non-hydrogen) atoms. The fraction of sp³-hybridized carbons (Fsp3) is 0.111. The summed E-state index contributed by atoms with van der Waals surface area (Å²) < 4.78 is 45.1. The third kappa shape index (κ3) is 3.69. The maximum atomic E-state index is 14.5. The number of carbonyl (C=O) groups is 1. The largest absolute Gasteiger partial charge is 0.454 e. The van der Waals surface area contributed by atoms with Crippen LogP contribution < -0.4 is 15.4 Å². The number of carbonyl (C=O) groups excluding carboxylic acids is 1. The number of thiophene rings is 1. The van der Waals surface area contributed by atoms with Gasteiger partial charge >= 0.3 is 6.03 Å². The molecular weight excluding hydrogens is 405 g/mol. The van der Waals surface area contributed by atoms with E-state index >= 15 is 0 Å². The third-order valence-electron chi connectivity index (χ3n) is 4.04. The molecular formula is C18H14FN3O4S2. The predicted molar refractivity (Wildman–Crippen MR) is 102 cm³/mol. The summed E-state index contributed by atoms with van der Waals surface area (Å²) in [6.45, 7) is 0.198. The number of rotatable bonds is 5. The summed E-state index contributed by atoms with van der Waals surface area (Å²) in [4.78, 5) is 15.4. The van der Waals surface area contributed by atoms with E-state index in [9.17, 15) is 17.6 Å². The van der Waals surface area contributed by atoms with Crippen LogP contribution >= 0.6 is 11.3 Å². The van der Waals surface area contributed by atoms with Gasteiger partial charge in [-0.25, -0.2) is 22.6 Å². The highest BCUT2D eigenvalue weighted by molar-refractivity contribution is 7.92. The van der Waals surface area contributed by atoms with Crippen molar-refractivity contribution in [2.24, 2.45) is 0 Å². The number of benzene rings is 1. The van der Waals surface area contributed by atoms with Crippen molar-refractivity contribution in [1.82, 2.24) is 10.3 Å². The fourth-order valence-corrected chi connectivity index (χ4v) is 5.16. The number of aromatic nitrogens is 1. The Balaban J connectivity index is 1.57. The number of ether oxygens (including phenoxy) is 1. The Morgan fingerprint density at radius 3 is 2.82 bits per heavy atom. The summed E-state index contributed by atoms with van der Waals surface area (Å²) in [6.07, 6.45) is 1.44. The molecule has 4 rings (SSSR count). The topological polar surface area (TPSA) is 97.4 Å². The molecule has 2 N–H and O–H groups in total. The van der Waals surface area contributed by atoms with Crippen molar-refractivity contribution in [3.63, 3.8) is 0 Å². The van der Waals surface area contributed by atoms with E-state index in [0.717, 1.165) is 17.4 Å². The minimum Gasteiger partial charge on any atom is -0.454 e. The average molecular weight is 419 g/mol. The molecule has 7 nitrogen and oxygen atoms in total. The molecule has 0 radical (unpaired) electrons. The highest BCUT2D eigenvalue weighted by Crippen LogP contribution is 2.32. The molecule has 2 amide bonds. The van der Waals surface area contributed by atoms with E-state index in [1.807, 2.05) is 0 Å². The number of hydrogen-bond acceptors (Lipinski definition) is 6. The van der Waals surface area contributed by atoms with Crippen molar-refractivity contribution in [3.8, 4) is 11.5 Å². The molecule has 0 saturated carbocycles. The number of fused-ring (bicyclic) bond motifs is 1. The van der Waals surface area contributed by atoms with Crippen LogP contribution in [0.2, 0.25) is 0 Å². The normalized spacial score (nSPS) is 13.4. The highest BCUT2D eigenvalue weighted by atomic mass is 32.2. The zero-order chi connectivity index (χ0) is 19.7. The van der Waals surface area contributed by atoms with Crippen LogP contribution in [0.3, 0.4) is 0 Å². The Morgan fingerprint density at radius 2 is 2.07 bits per heavy atom. The van der Waals surface area contributed by atoms with E-state index in [-0.39, 0.29) is 28.3 Å². The first-order valence-corrected chi connectivity index (χ1v) is 10.7. The SMILES string of the molecule is O=C1NCc2c(Oc3ccc(CS(=O)(=O)c4cccs4)cc3F)ccnc2N1. The summed E-state index contributed by atoms with van der Waals surface area (Å²) in [5.41, 5.74) is 0.912. The number of pyridine rings is 1. The van der Waals surface area contributed by atoms with Crippen LogP contribution in [0.15, 0.2) is 52.2 Å². The van der Waals surface area contributed by atoms with Crippen LogP contribution in [0.5, 0.6) is 11.5 Å². The molecule has 0 spiro atoms. The second kappa shape index (κ2) is 7.21. The van der Waals surface area contributed by atoms with E-state index < -0.39 is 15.7 Å². The fourth-order valence-electron chi connectivity index (χ4n) is 2.74. The molecule has 0 atom stereocenters. The second-order valence-electron chi connectivity index (χ2n) is 6.00. The van der Waals surface area contributed by atoms with Crippen LogP contribution in [-0.2, 0) is 22.1 Å². The smallest absolute Gasteiger partial charge is 0.320 e. The third-order valence-corrected chi connectivity index (χ3v) is 7.22. The molecule has 2 aromatic heterocycles. The molecule has 10 heteroatoms. The first-order valence-electron chi connectivity index (χ1n) is 8.18. The number of nitrogens with zero attached hydrogens (tertiary/aromatic N) is 1. The zero-order valence-corrected chi connectivity index (χ0v) is 15.9. The van der Waals surface area contributed by atoms with Crippen molar-refractivity contribution in [1.29, 1.82) is 0 Å². The summed E-state index contributed by atoms with van der Waals surface area (Å²) in [5.74, 6) is -0.346. The molecule has 3 heterocycles. The van der Waals surface area contributed by atoms with Gasteiger partial charge in [-0.3, -0.25) is 5.32 Å². The van der Waals surface area contributed by atoms with Gasteiger partial charge in [-0.05, 0) is 35.2 Å². The van der Waals surface area contributed by atoms with Gasteiger partial charge in [-0.2, -0.15) is 0 Å². The van der Waals surface area contributed by atoms with E-state index in [1.165, 1.54) is 24.4 Å². The highest BCUT2D eigenvalue weighted by Gasteiger charge is 2.21.